The maximum absolute atomic E-state index is 12.1. The zero-order valence-corrected chi connectivity index (χ0v) is 10.9. The van der Waals surface area contributed by atoms with Crippen LogP contribution in [0.25, 0.3) is 5.76 Å². The van der Waals surface area contributed by atoms with E-state index in [1.807, 2.05) is 0 Å². The van der Waals surface area contributed by atoms with Crippen LogP contribution >= 0.6 is 0 Å². The van der Waals surface area contributed by atoms with E-state index in [9.17, 15) is 19.8 Å². The summed E-state index contributed by atoms with van der Waals surface area (Å²) in [4.78, 5) is 24.1. The summed E-state index contributed by atoms with van der Waals surface area (Å²) in [6.07, 6.45) is -0.609. The molecule has 1 aliphatic heterocycles. The number of rotatable bonds is 2. The number of hydrogen-bond donors (Lipinski definition) is 2. The van der Waals surface area contributed by atoms with Crippen LogP contribution in [0.2, 0.25) is 0 Å². The zero-order valence-electron chi connectivity index (χ0n) is 10.9. The van der Waals surface area contributed by atoms with E-state index in [1.54, 1.807) is 24.3 Å². The van der Waals surface area contributed by atoms with Crippen LogP contribution in [0.3, 0.4) is 0 Å². The number of carbonyl (C=O) groups is 2. The van der Waals surface area contributed by atoms with Gasteiger partial charge in [0.1, 0.15) is 17.5 Å². The summed E-state index contributed by atoms with van der Waals surface area (Å²) in [5.74, 6) is -0.786. The molecule has 1 aromatic carbocycles. The van der Waals surface area contributed by atoms with Gasteiger partial charge in [-0.2, -0.15) is 0 Å². The van der Waals surface area contributed by atoms with Crippen LogP contribution in [0.15, 0.2) is 29.8 Å². The Morgan fingerprint density at radius 2 is 1.90 bits per heavy atom. The quantitative estimate of drug-likeness (QED) is 0.775. The van der Waals surface area contributed by atoms with Crippen molar-refractivity contribution in [2.24, 2.45) is 0 Å². The number of aliphatic hydroxyl groups excluding tert-OH is 1. The molecule has 1 heterocycles. The van der Waals surface area contributed by atoms with Crippen molar-refractivity contribution in [3.8, 4) is 0 Å². The lowest BCUT2D eigenvalue weighted by Gasteiger charge is -2.27. The summed E-state index contributed by atoms with van der Waals surface area (Å²) in [7, 11) is 0. The first-order chi connectivity index (χ1) is 9.45. The van der Waals surface area contributed by atoms with Gasteiger partial charge in [0.2, 0.25) is 11.6 Å². The van der Waals surface area contributed by atoms with E-state index >= 15 is 0 Å². The third-order valence-corrected chi connectivity index (χ3v) is 3.83. The Morgan fingerprint density at radius 1 is 1.25 bits per heavy atom. The molecule has 5 heteroatoms. The van der Waals surface area contributed by atoms with Crippen molar-refractivity contribution < 1.29 is 24.5 Å². The van der Waals surface area contributed by atoms with Crippen LogP contribution in [0.1, 0.15) is 29.3 Å². The van der Waals surface area contributed by atoms with Gasteiger partial charge in [-0.1, -0.05) is 24.3 Å². The lowest BCUT2D eigenvalue weighted by atomic mass is 9.86. The Hall–Kier alpha value is -1.98. The maximum Gasteiger partial charge on any atom is 0.234 e. The highest BCUT2D eigenvalue weighted by molar-refractivity contribution is 6.52. The van der Waals surface area contributed by atoms with Crippen molar-refractivity contribution in [2.45, 2.75) is 25.0 Å². The fourth-order valence-corrected chi connectivity index (χ4v) is 2.54. The average molecular weight is 274 g/mol. The topological polar surface area (TPSA) is 83.8 Å². The van der Waals surface area contributed by atoms with Crippen LogP contribution in [0.5, 0.6) is 0 Å². The average Bonchev–Trinajstić information content (AvgIpc) is 2.91. The van der Waals surface area contributed by atoms with Crippen LogP contribution < -0.4 is 0 Å². The minimum absolute atomic E-state index is 0.127. The van der Waals surface area contributed by atoms with Crippen LogP contribution in [-0.2, 0) is 9.53 Å². The molecule has 2 aliphatic rings. The van der Waals surface area contributed by atoms with E-state index in [2.05, 4.69) is 0 Å². The molecule has 0 fully saturated rings. The smallest absolute Gasteiger partial charge is 0.234 e. The number of benzene rings is 1. The first kappa shape index (κ1) is 13.0. The number of ketones is 2. The van der Waals surface area contributed by atoms with Crippen molar-refractivity contribution >= 4 is 17.3 Å². The Morgan fingerprint density at radius 3 is 2.55 bits per heavy atom. The minimum Gasteiger partial charge on any atom is -0.486 e. The molecular weight excluding hydrogens is 260 g/mol. The summed E-state index contributed by atoms with van der Waals surface area (Å²) >= 11 is 0. The van der Waals surface area contributed by atoms with Gasteiger partial charge in [0.15, 0.2) is 0 Å². The van der Waals surface area contributed by atoms with Crippen LogP contribution in [-0.4, -0.2) is 40.1 Å². The van der Waals surface area contributed by atoms with Crippen molar-refractivity contribution in [3.05, 3.63) is 41.0 Å². The lowest BCUT2D eigenvalue weighted by molar-refractivity contribution is -0.112. The molecule has 0 unspecified atom stereocenters. The van der Waals surface area contributed by atoms with E-state index in [4.69, 9.17) is 4.74 Å². The Labute approximate surface area is 115 Å². The number of Topliss-reactive ketones (excluding diaryl/α,β-unsaturated/α-hetero) is 2. The van der Waals surface area contributed by atoms with Gasteiger partial charge in [0, 0.05) is 17.5 Å². The second-order valence-corrected chi connectivity index (χ2v) is 5.34. The van der Waals surface area contributed by atoms with Gasteiger partial charge in [0.05, 0.1) is 12.2 Å². The molecular formula is C15H14O5. The predicted molar refractivity (Wildman–Crippen MR) is 69.9 cm³/mol. The van der Waals surface area contributed by atoms with E-state index in [1.165, 1.54) is 6.92 Å². The normalized spacial score (nSPS) is 24.1. The Kier molecular flexibility index (Phi) is 2.77. The van der Waals surface area contributed by atoms with Crippen molar-refractivity contribution in [3.63, 3.8) is 0 Å². The monoisotopic (exact) mass is 274 g/mol. The van der Waals surface area contributed by atoms with E-state index in [-0.39, 0.29) is 12.0 Å². The second-order valence-electron chi connectivity index (χ2n) is 5.34. The summed E-state index contributed by atoms with van der Waals surface area (Å²) in [6, 6.07) is 6.74. The molecule has 104 valence electrons. The van der Waals surface area contributed by atoms with Crippen molar-refractivity contribution in [1.29, 1.82) is 0 Å². The van der Waals surface area contributed by atoms with Gasteiger partial charge in [-0.15, -0.1) is 0 Å². The zero-order chi connectivity index (χ0) is 14.5. The summed E-state index contributed by atoms with van der Waals surface area (Å²) in [5.41, 5.74) is -0.286. The molecule has 0 aromatic heterocycles. The highest BCUT2D eigenvalue weighted by Crippen LogP contribution is 2.41. The van der Waals surface area contributed by atoms with Gasteiger partial charge in [0.25, 0.3) is 0 Å². The van der Waals surface area contributed by atoms with E-state index in [0.717, 1.165) is 0 Å². The van der Waals surface area contributed by atoms with Crippen molar-refractivity contribution in [1.82, 2.24) is 0 Å². The summed E-state index contributed by atoms with van der Waals surface area (Å²) < 4.78 is 5.66. The lowest BCUT2D eigenvalue weighted by Crippen LogP contribution is -2.42. The van der Waals surface area contributed by atoms with Gasteiger partial charge in [-0.25, -0.2) is 0 Å². The standard InChI is InChI=1S/C15H14O5/c1-15(19,7-16)11-6-10-13(18)12(17)8-4-2-3-5-9(8)14(10)20-11/h2-5,11,16,19H,6-7H2,1H3/t11-,15+/m1/s1. The fourth-order valence-electron chi connectivity index (χ4n) is 2.54. The molecule has 5 nitrogen and oxygen atoms in total. The van der Waals surface area contributed by atoms with Crippen molar-refractivity contribution in [2.75, 3.05) is 6.61 Å². The highest BCUT2D eigenvalue weighted by Gasteiger charge is 2.45. The maximum atomic E-state index is 12.1. The first-order valence-electron chi connectivity index (χ1n) is 6.37. The molecule has 0 bridgehead atoms. The number of fused-ring (bicyclic) bond motifs is 2. The van der Waals surface area contributed by atoms with Crippen LogP contribution in [0.4, 0.5) is 0 Å². The van der Waals surface area contributed by atoms with Gasteiger partial charge in [-0.05, 0) is 6.92 Å². The SMILES string of the molecule is C[C@](O)(CO)[C@H]1CC2=C(O1)c1ccccc1C(=O)C2=O. The largest absolute Gasteiger partial charge is 0.486 e. The van der Waals surface area contributed by atoms with E-state index < -0.39 is 29.9 Å². The third kappa shape index (κ3) is 1.71. The van der Waals surface area contributed by atoms with E-state index in [0.29, 0.717) is 16.9 Å². The molecule has 0 saturated carbocycles. The van der Waals surface area contributed by atoms with Crippen LogP contribution in [0, 0.1) is 0 Å². The number of carbonyl (C=O) groups excluding carboxylic acids is 2. The Bertz CT molecular complexity index is 641. The molecule has 2 N–H and O–H groups in total. The fraction of sp³-hybridized carbons (Fsp3) is 0.333. The van der Waals surface area contributed by atoms with Gasteiger partial charge in [-0.3, -0.25) is 9.59 Å². The molecule has 0 amide bonds. The molecule has 0 radical (unpaired) electrons. The molecule has 3 rings (SSSR count). The van der Waals surface area contributed by atoms with Gasteiger partial charge < -0.3 is 14.9 Å². The molecule has 0 spiro atoms. The number of hydrogen-bond acceptors (Lipinski definition) is 5. The number of aliphatic hydroxyl groups is 2. The molecule has 1 aromatic rings. The summed E-state index contributed by atoms with van der Waals surface area (Å²) in [5, 5.41) is 19.3. The highest BCUT2D eigenvalue weighted by atomic mass is 16.5. The predicted octanol–water partition coefficient (Wildman–Crippen LogP) is 0.695. The molecule has 20 heavy (non-hydrogen) atoms. The van der Waals surface area contributed by atoms with Gasteiger partial charge >= 0.3 is 0 Å². The second kappa shape index (κ2) is 4.26. The summed E-state index contributed by atoms with van der Waals surface area (Å²) in [6.45, 7) is 0.955. The molecule has 0 saturated heterocycles. The molecule has 1 aliphatic carbocycles. The third-order valence-electron chi connectivity index (χ3n) is 3.83. The number of ether oxygens (including phenoxy) is 1. The Balaban J connectivity index is 2.06. The first-order valence-corrected chi connectivity index (χ1v) is 6.37. The minimum atomic E-state index is -1.46. The molecule has 2 atom stereocenters.